The molecule has 28 heavy (non-hydrogen) atoms. The maximum absolute atomic E-state index is 13.1. The van der Waals surface area contributed by atoms with E-state index in [2.05, 4.69) is 16.0 Å². The van der Waals surface area contributed by atoms with Crippen LogP contribution in [0.3, 0.4) is 0 Å². The summed E-state index contributed by atoms with van der Waals surface area (Å²) < 4.78 is 5.56. The Morgan fingerprint density at radius 1 is 1.14 bits per heavy atom. The molecule has 0 saturated heterocycles. The van der Waals surface area contributed by atoms with Crippen LogP contribution >= 0.6 is 23.2 Å². The Morgan fingerprint density at radius 2 is 1.82 bits per heavy atom. The zero-order valence-corrected chi connectivity index (χ0v) is 16.8. The van der Waals surface area contributed by atoms with Crippen LogP contribution in [0.1, 0.15) is 25.5 Å². The lowest BCUT2D eigenvalue weighted by atomic mass is 9.94. The number of amides is 3. The predicted molar refractivity (Wildman–Crippen MR) is 110 cm³/mol. The number of hydrogen-bond donors (Lipinski definition) is 3. The van der Waals surface area contributed by atoms with Gasteiger partial charge in [-0.3, -0.25) is 4.79 Å². The summed E-state index contributed by atoms with van der Waals surface area (Å²) in [5, 5.41) is 8.92. The van der Waals surface area contributed by atoms with Gasteiger partial charge in [0.25, 0.3) is 5.91 Å². The van der Waals surface area contributed by atoms with Crippen molar-refractivity contribution >= 4 is 40.8 Å². The average Bonchev–Trinajstić information content (AvgIpc) is 2.63. The van der Waals surface area contributed by atoms with E-state index in [0.29, 0.717) is 44.9 Å². The number of ether oxygens (including phenoxy) is 1. The minimum absolute atomic E-state index is 0.306. The van der Waals surface area contributed by atoms with Gasteiger partial charge in [-0.05, 0) is 38.1 Å². The number of carbonyl (C=O) groups is 2. The quantitative estimate of drug-likeness (QED) is 0.659. The van der Waals surface area contributed by atoms with Gasteiger partial charge >= 0.3 is 6.03 Å². The van der Waals surface area contributed by atoms with Gasteiger partial charge in [0.15, 0.2) is 0 Å². The molecule has 3 rings (SSSR count). The molecule has 0 bridgehead atoms. The van der Waals surface area contributed by atoms with E-state index in [9.17, 15) is 9.59 Å². The Hall–Kier alpha value is -2.70. The number of anilines is 1. The molecule has 0 aromatic heterocycles. The molecule has 0 aliphatic carbocycles. The van der Waals surface area contributed by atoms with Crippen LogP contribution in [0.4, 0.5) is 10.5 Å². The Morgan fingerprint density at radius 3 is 2.50 bits per heavy atom. The van der Waals surface area contributed by atoms with Crippen molar-refractivity contribution in [1.29, 1.82) is 0 Å². The molecule has 146 valence electrons. The number of benzene rings is 2. The molecule has 8 heteroatoms. The molecule has 0 fully saturated rings. The molecule has 2 aromatic rings. The van der Waals surface area contributed by atoms with Crippen molar-refractivity contribution in [3.63, 3.8) is 0 Å². The van der Waals surface area contributed by atoms with E-state index in [0.717, 1.165) is 0 Å². The number of para-hydroxylation sites is 2. The maximum atomic E-state index is 13.1. The summed E-state index contributed by atoms with van der Waals surface area (Å²) in [5.74, 6) is 0.148. The Labute approximate surface area is 172 Å². The number of halogens is 2. The smallest absolute Gasteiger partial charge is 0.319 e. The molecule has 6 nitrogen and oxygen atoms in total. The van der Waals surface area contributed by atoms with Gasteiger partial charge in [-0.15, -0.1) is 0 Å². The predicted octanol–water partition coefficient (Wildman–Crippen LogP) is 4.66. The van der Waals surface area contributed by atoms with Crippen molar-refractivity contribution < 1.29 is 14.3 Å². The maximum Gasteiger partial charge on any atom is 0.319 e. The van der Waals surface area contributed by atoms with Crippen LogP contribution < -0.4 is 20.7 Å². The van der Waals surface area contributed by atoms with Crippen LogP contribution in [0.5, 0.6) is 5.75 Å². The van der Waals surface area contributed by atoms with Gasteiger partial charge in [-0.25, -0.2) is 4.79 Å². The van der Waals surface area contributed by atoms with Crippen molar-refractivity contribution in [1.82, 2.24) is 10.6 Å². The highest BCUT2D eigenvalue weighted by Crippen LogP contribution is 2.37. The molecule has 1 aliphatic rings. The largest absolute Gasteiger partial charge is 0.492 e. The lowest BCUT2D eigenvalue weighted by Crippen LogP contribution is -2.46. The highest BCUT2D eigenvalue weighted by atomic mass is 35.5. The number of urea groups is 1. The second kappa shape index (κ2) is 8.54. The van der Waals surface area contributed by atoms with E-state index >= 15 is 0 Å². The molecule has 3 amide bonds. The Kier molecular flexibility index (Phi) is 6.11. The fourth-order valence-corrected chi connectivity index (χ4v) is 3.65. The third-order valence-electron chi connectivity index (χ3n) is 4.24. The topological polar surface area (TPSA) is 79.5 Å². The number of nitrogens with one attached hydrogen (secondary N) is 3. The number of hydrogen-bond acceptors (Lipinski definition) is 3. The molecular weight excluding hydrogens is 401 g/mol. The third-order valence-corrected chi connectivity index (χ3v) is 4.90. The molecule has 3 N–H and O–H groups in total. The lowest BCUT2D eigenvalue weighted by Gasteiger charge is -2.29. The first kappa shape index (κ1) is 20.0. The van der Waals surface area contributed by atoms with Crippen LogP contribution in [0.25, 0.3) is 0 Å². The minimum atomic E-state index is -0.797. The first-order chi connectivity index (χ1) is 13.4. The lowest BCUT2D eigenvalue weighted by molar-refractivity contribution is -0.113. The molecule has 0 spiro atoms. The monoisotopic (exact) mass is 419 g/mol. The van der Waals surface area contributed by atoms with E-state index in [-0.39, 0.29) is 0 Å². The zero-order valence-electron chi connectivity index (χ0n) is 15.3. The molecule has 1 atom stereocenters. The molecule has 2 aromatic carbocycles. The van der Waals surface area contributed by atoms with Crippen LogP contribution in [-0.4, -0.2) is 18.5 Å². The Balaban J connectivity index is 2.01. The number of allylic oxidation sites excluding steroid dienone is 1. The fourth-order valence-electron chi connectivity index (χ4n) is 3.04. The highest BCUT2D eigenvalue weighted by Gasteiger charge is 2.34. The summed E-state index contributed by atoms with van der Waals surface area (Å²) >= 11 is 12.6. The third kappa shape index (κ3) is 4.08. The van der Waals surface area contributed by atoms with Crippen LogP contribution in [-0.2, 0) is 4.79 Å². The fraction of sp³-hybridized carbons (Fsp3) is 0.200. The number of rotatable bonds is 5. The van der Waals surface area contributed by atoms with Gasteiger partial charge in [0.2, 0.25) is 0 Å². The zero-order chi connectivity index (χ0) is 20.3. The van der Waals surface area contributed by atoms with Gasteiger partial charge in [0.1, 0.15) is 5.75 Å². The molecular formula is C20H19Cl2N3O3. The molecule has 0 saturated carbocycles. The van der Waals surface area contributed by atoms with Gasteiger partial charge < -0.3 is 20.7 Å². The molecule has 1 unspecified atom stereocenters. The highest BCUT2D eigenvalue weighted by molar-refractivity contribution is 6.36. The number of carbonyl (C=O) groups excluding carboxylic acids is 2. The van der Waals surface area contributed by atoms with Crippen LogP contribution in [0, 0.1) is 0 Å². The summed E-state index contributed by atoms with van der Waals surface area (Å²) in [6.45, 7) is 3.98. The first-order valence-electron chi connectivity index (χ1n) is 8.67. The Bertz CT molecular complexity index is 939. The van der Waals surface area contributed by atoms with Crippen LogP contribution in [0.15, 0.2) is 53.7 Å². The van der Waals surface area contributed by atoms with Crippen LogP contribution in [0.2, 0.25) is 10.0 Å². The standard InChI is InChI=1S/C20H19Cl2N3O3/c1-3-28-15-10-5-4-9-14(15)24-19(26)16-11(2)23-20(27)25-18(16)17-12(21)7-6-8-13(17)22/h4-10,18H,3H2,1-2H3,(H,24,26)(H2,23,25,27). The van der Waals surface area contributed by atoms with Crippen molar-refractivity contribution in [3.05, 3.63) is 69.3 Å². The van der Waals surface area contributed by atoms with Gasteiger partial charge in [0, 0.05) is 21.3 Å². The molecule has 1 heterocycles. The molecule has 1 aliphatic heterocycles. The SMILES string of the molecule is CCOc1ccccc1NC(=O)C1=C(C)NC(=O)NC1c1c(Cl)cccc1Cl. The van der Waals surface area contributed by atoms with E-state index in [1.54, 1.807) is 43.3 Å². The van der Waals surface area contributed by atoms with Gasteiger partial charge in [0.05, 0.1) is 23.9 Å². The van der Waals surface area contributed by atoms with E-state index < -0.39 is 18.0 Å². The van der Waals surface area contributed by atoms with Crippen molar-refractivity contribution in [2.45, 2.75) is 19.9 Å². The average molecular weight is 420 g/mol. The minimum Gasteiger partial charge on any atom is -0.492 e. The van der Waals surface area contributed by atoms with Gasteiger partial charge in [-0.2, -0.15) is 0 Å². The summed E-state index contributed by atoms with van der Waals surface area (Å²) in [6.07, 6.45) is 0. The van der Waals surface area contributed by atoms with Crippen molar-refractivity contribution in [2.24, 2.45) is 0 Å². The van der Waals surface area contributed by atoms with E-state index in [1.807, 2.05) is 13.0 Å². The second-order valence-corrected chi connectivity index (χ2v) is 6.90. The summed E-state index contributed by atoms with van der Waals surface area (Å²) in [5.41, 5.74) is 1.70. The van der Waals surface area contributed by atoms with E-state index in [1.165, 1.54) is 0 Å². The molecule has 0 radical (unpaired) electrons. The van der Waals surface area contributed by atoms with Crippen molar-refractivity contribution in [3.8, 4) is 5.75 Å². The summed E-state index contributed by atoms with van der Waals surface area (Å²) in [4.78, 5) is 25.2. The normalized spacial score (nSPS) is 16.3. The second-order valence-electron chi connectivity index (χ2n) is 6.09. The summed E-state index contributed by atoms with van der Waals surface area (Å²) in [6, 6.07) is 10.9. The van der Waals surface area contributed by atoms with Crippen molar-refractivity contribution in [2.75, 3.05) is 11.9 Å². The summed E-state index contributed by atoms with van der Waals surface area (Å²) in [7, 11) is 0. The first-order valence-corrected chi connectivity index (χ1v) is 9.43. The van der Waals surface area contributed by atoms with E-state index in [4.69, 9.17) is 27.9 Å². The van der Waals surface area contributed by atoms with Gasteiger partial charge in [-0.1, -0.05) is 41.4 Å².